The third-order valence-electron chi connectivity index (χ3n) is 5.97. The molecule has 3 aliphatic rings. The van der Waals surface area contributed by atoms with Crippen molar-refractivity contribution in [1.29, 1.82) is 0 Å². The van der Waals surface area contributed by atoms with E-state index in [2.05, 4.69) is 29.9 Å². The van der Waals surface area contributed by atoms with Crippen molar-refractivity contribution >= 4 is 11.0 Å². The highest BCUT2D eigenvalue weighted by atomic mass is 16.1. The van der Waals surface area contributed by atoms with E-state index in [-0.39, 0.29) is 5.56 Å². The number of aromatic nitrogens is 3. The number of allylic oxidation sites excluding steroid dienone is 2. The second-order valence-electron chi connectivity index (χ2n) is 7.53. The molecule has 0 radical (unpaired) electrons. The lowest BCUT2D eigenvalue weighted by Crippen LogP contribution is -2.48. The Morgan fingerprint density at radius 1 is 1.45 bits per heavy atom. The van der Waals surface area contributed by atoms with E-state index in [0.717, 1.165) is 24.6 Å². The molecule has 5 rings (SSSR count). The first-order chi connectivity index (χ1) is 10.5. The monoisotopic (exact) mass is 297 g/mol. The highest BCUT2D eigenvalue weighted by Gasteiger charge is 2.50. The van der Waals surface area contributed by atoms with Crippen LogP contribution in [0.2, 0.25) is 0 Å². The van der Waals surface area contributed by atoms with Crippen LogP contribution in [0.25, 0.3) is 11.0 Å². The zero-order valence-corrected chi connectivity index (χ0v) is 13.5. The Morgan fingerprint density at radius 3 is 3.00 bits per heavy atom. The van der Waals surface area contributed by atoms with Crippen molar-refractivity contribution in [2.45, 2.75) is 46.6 Å². The van der Waals surface area contributed by atoms with Crippen molar-refractivity contribution in [2.24, 2.45) is 17.3 Å². The standard InChI is InChI=1S/C18H23N3O/c1-11-8-14-16(20-11)19-10-21(17(14)22)7-6-12-4-5-13-9-15(12)18(13,2)3/h4,8,10,13,15,20H,5-7,9H2,1-3H3. The Labute approximate surface area is 130 Å². The van der Waals surface area contributed by atoms with Crippen molar-refractivity contribution in [3.63, 3.8) is 0 Å². The summed E-state index contributed by atoms with van der Waals surface area (Å²) in [6.45, 7) is 7.46. The fourth-order valence-electron chi connectivity index (χ4n) is 4.34. The second kappa shape index (κ2) is 4.58. The van der Waals surface area contributed by atoms with Gasteiger partial charge in [0.1, 0.15) is 5.65 Å². The molecule has 0 spiro atoms. The highest BCUT2D eigenvalue weighted by Crippen LogP contribution is 2.59. The van der Waals surface area contributed by atoms with E-state index in [1.165, 1.54) is 12.8 Å². The average Bonchev–Trinajstić information content (AvgIpc) is 2.88. The van der Waals surface area contributed by atoms with Gasteiger partial charge in [0.15, 0.2) is 0 Å². The lowest BCUT2D eigenvalue weighted by molar-refractivity contribution is -0.00855. The molecule has 2 bridgehead atoms. The third kappa shape index (κ3) is 1.89. The Kier molecular flexibility index (Phi) is 2.87. The van der Waals surface area contributed by atoms with Crippen LogP contribution in [0, 0.1) is 24.2 Å². The van der Waals surface area contributed by atoms with Crippen LogP contribution >= 0.6 is 0 Å². The van der Waals surface area contributed by atoms with Gasteiger partial charge in [-0.3, -0.25) is 9.36 Å². The number of fused-ring (bicyclic) bond motifs is 2. The first-order valence-electron chi connectivity index (χ1n) is 8.20. The van der Waals surface area contributed by atoms with E-state index < -0.39 is 0 Å². The van der Waals surface area contributed by atoms with Gasteiger partial charge in [0.25, 0.3) is 5.56 Å². The molecule has 1 saturated carbocycles. The number of H-pyrrole nitrogens is 1. The minimum Gasteiger partial charge on any atom is -0.343 e. The van der Waals surface area contributed by atoms with Gasteiger partial charge in [-0.1, -0.05) is 25.5 Å². The van der Waals surface area contributed by atoms with Gasteiger partial charge in [0, 0.05) is 12.2 Å². The number of nitrogens with zero attached hydrogens (tertiary/aromatic N) is 2. The zero-order chi connectivity index (χ0) is 15.5. The molecule has 2 aromatic rings. The van der Waals surface area contributed by atoms with E-state index in [1.54, 1.807) is 16.5 Å². The van der Waals surface area contributed by atoms with Crippen molar-refractivity contribution in [2.75, 3.05) is 0 Å². The molecule has 1 N–H and O–H groups in total. The fourth-order valence-corrected chi connectivity index (χ4v) is 4.34. The van der Waals surface area contributed by atoms with Gasteiger partial charge >= 0.3 is 0 Å². The molecule has 0 aliphatic heterocycles. The molecule has 0 saturated heterocycles. The van der Waals surface area contributed by atoms with Gasteiger partial charge in [-0.15, -0.1) is 0 Å². The molecular formula is C18H23N3O. The van der Waals surface area contributed by atoms with Crippen molar-refractivity contribution in [3.8, 4) is 0 Å². The van der Waals surface area contributed by atoms with Gasteiger partial charge in [0.2, 0.25) is 0 Å². The highest BCUT2D eigenvalue weighted by molar-refractivity contribution is 5.74. The molecule has 0 amide bonds. The molecule has 0 aromatic carbocycles. The normalized spacial score (nSPS) is 25.9. The number of aromatic amines is 1. The predicted molar refractivity (Wildman–Crippen MR) is 87.8 cm³/mol. The summed E-state index contributed by atoms with van der Waals surface area (Å²) >= 11 is 0. The molecule has 22 heavy (non-hydrogen) atoms. The van der Waals surface area contributed by atoms with E-state index in [0.29, 0.717) is 22.4 Å². The third-order valence-corrected chi connectivity index (χ3v) is 5.97. The summed E-state index contributed by atoms with van der Waals surface area (Å²) in [6, 6.07) is 1.89. The average molecular weight is 297 g/mol. The van der Waals surface area contributed by atoms with Crippen LogP contribution in [-0.4, -0.2) is 14.5 Å². The number of rotatable bonds is 3. The van der Waals surface area contributed by atoms with Crippen LogP contribution in [-0.2, 0) is 6.54 Å². The number of hydrogen-bond donors (Lipinski definition) is 1. The van der Waals surface area contributed by atoms with E-state index >= 15 is 0 Å². The lowest BCUT2D eigenvalue weighted by atomic mass is 9.48. The maximum Gasteiger partial charge on any atom is 0.262 e. The van der Waals surface area contributed by atoms with E-state index in [4.69, 9.17) is 0 Å². The van der Waals surface area contributed by atoms with Crippen LogP contribution in [0.4, 0.5) is 0 Å². The molecule has 1 fully saturated rings. The SMILES string of the molecule is Cc1cc2c(=O)n(CCC3=CCC4CC3C4(C)C)cnc2[nH]1. The molecule has 4 nitrogen and oxygen atoms in total. The summed E-state index contributed by atoms with van der Waals surface area (Å²) in [5, 5.41) is 0.696. The van der Waals surface area contributed by atoms with Crippen LogP contribution < -0.4 is 5.56 Å². The molecule has 2 aromatic heterocycles. The van der Waals surface area contributed by atoms with E-state index in [1.807, 2.05) is 13.0 Å². The first kappa shape index (κ1) is 13.8. The predicted octanol–water partition coefficient (Wildman–Crippen LogP) is 3.42. The molecule has 2 unspecified atom stereocenters. The van der Waals surface area contributed by atoms with Crippen LogP contribution in [0.15, 0.2) is 28.8 Å². The molecule has 2 atom stereocenters. The summed E-state index contributed by atoms with van der Waals surface area (Å²) in [5.41, 5.74) is 3.74. The minimum absolute atomic E-state index is 0.0662. The number of hydrogen-bond acceptors (Lipinski definition) is 2. The van der Waals surface area contributed by atoms with Gasteiger partial charge in [-0.25, -0.2) is 4.98 Å². The second-order valence-corrected chi connectivity index (χ2v) is 7.53. The van der Waals surface area contributed by atoms with Gasteiger partial charge < -0.3 is 4.98 Å². The molecule has 116 valence electrons. The Morgan fingerprint density at radius 2 is 2.27 bits per heavy atom. The van der Waals surface area contributed by atoms with Gasteiger partial charge in [-0.2, -0.15) is 0 Å². The Balaban J connectivity index is 1.56. The molecule has 4 heteroatoms. The maximum atomic E-state index is 12.5. The summed E-state index contributed by atoms with van der Waals surface area (Å²) in [5.74, 6) is 1.58. The van der Waals surface area contributed by atoms with Crippen molar-refractivity contribution in [1.82, 2.24) is 14.5 Å². The van der Waals surface area contributed by atoms with E-state index in [9.17, 15) is 4.79 Å². The van der Waals surface area contributed by atoms with Gasteiger partial charge in [0.05, 0.1) is 11.7 Å². The van der Waals surface area contributed by atoms with Crippen LogP contribution in [0.5, 0.6) is 0 Å². The first-order valence-corrected chi connectivity index (χ1v) is 8.20. The van der Waals surface area contributed by atoms with Crippen LogP contribution in [0.1, 0.15) is 38.8 Å². The maximum absolute atomic E-state index is 12.5. The summed E-state index contributed by atoms with van der Waals surface area (Å²) < 4.78 is 1.76. The van der Waals surface area contributed by atoms with Crippen molar-refractivity contribution in [3.05, 3.63) is 40.1 Å². The summed E-state index contributed by atoms with van der Waals surface area (Å²) in [4.78, 5) is 20.0. The lowest BCUT2D eigenvalue weighted by Gasteiger charge is -2.56. The van der Waals surface area contributed by atoms with Gasteiger partial charge in [-0.05, 0) is 49.5 Å². The van der Waals surface area contributed by atoms with Crippen LogP contribution in [0.3, 0.4) is 0 Å². The smallest absolute Gasteiger partial charge is 0.262 e. The molecular weight excluding hydrogens is 274 g/mol. The minimum atomic E-state index is 0.0662. The summed E-state index contributed by atoms with van der Waals surface area (Å²) in [7, 11) is 0. The quantitative estimate of drug-likeness (QED) is 0.883. The largest absolute Gasteiger partial charge is 0.343 e. The Bertz CT molecular complexity index is 824. The van der Waals surface area contributed by atoms with Crippen molar-refractivity contribution < 1.29 is 0 Å². The number of aryl methyl sites for hydroxylation is 2. The Hall–Kier alpha value is -1.84. The zero-order valence-electron chi connectivity index (χ0n) is 13.5. The fraction of sp³-hybridized carbons (Fsp3) is 0.556. The molecule has 3 aliphatic carbocycles. The summed E-state index contributed by atoms with van der Waals surface area (Å²) in [6.07, 6.45) is 7.61. The number of nitrogens with one attached hydrogen (secondary N) is 1. The topological polar surface area (TPSA) is 50.7 Å². The molecule has 2 heterocycles.